The van der Waals surface area contributed by atoms with Crippen LogP contribution < -0.4 is 15.4 Å². The molecule has 0 aliphatic rings. The number of aromatic amines is 1. The number of amides is 2. The molecule has 30 heavy (non-hydrogen) atoms. The number of rotatable bonds is 5. The molecule has 152 valence electrons. The van der Waals surface area contributed by atoms with Crippen LogP contribution in [0.15, 0.2) is 58.4 Å². The minimum atomic E-state index is -0.665. The Labute approximate surface area is 188 Å². The number of nitrogens with one attached hydrogen (secondary N) is 3. The van der Waals surface area contributed by atoms with Crippen molar-refractivity contribution in [3.05, 3.63) is 74.5 Å². The molecule has 7 nitrogen and oxygen atoms in total. The van der Waals surface area contributed by atoms with Gasteiger partial charge in [-0.2, -0.15) is 0 Å². The number of benzene rings is 2. The molecule has 0 bridgehead atoms. The molecule has 2 amide bonds. The lowest BCUT2D eigenvalue weighted by molar-refractivity contribution is 0.102. The predicted octanol–water partition coefficient (Wildman–Crippen LogP) is 5.58. The first-order valence-corrected chi connectivity index (χ1v) is 10.8. The number of nitrogens with zero attached hydrogens (tertiary/aromatic N) is 1. The van der Waals surface area contributed by atoms with Gasteiger partial charge in [0.05, 0.1) is 10.6 Å². The molecule has 4 rings (SSSR count). The molecule has 0 unspecified atom stereocenters. The SMILES string of the molecule is O=C(NCc1csc2ccccc12)Oc1n[nH]c(NC(=O)c2ccccc2Cl)c1Br. The van der Waals surface area contributed by atoms with Crippen LogP contribution in [0.4, 0.5) is 10.6 Å². The molecule has 0 atom stereocenters. The molecule has 0 radical (unpaired) electrons. The van der Waals surface area contributed by atoms with E-state index < -0.39 is 12.0 Å². The highest BCUT2D eigenvalue weighted by Gasteiger charge is 2.19. The van der Waals surface area contributed by atoms with E-state index in [1.165, 1.54) is 0 Å². The maximum Gasteiger partial charge on any atom is 0.414 e. The van der Waals surface area contributed by atoms with Gasteiger partial charge in [0.2, 0.25) is 0 Å². The highest BCUT2D eigenvalue weighted by molar-refractivity contribution is 9.10. The molecule has 2 heterocycles. The van der Waals surface area contributed by atoms with Crippen LogP contribution in [0.1, 0.15) is 15.9 Å². The van der Waals surface area contributed by atoms with Gasteiger partial charge in [-0.3, -0.25) is 9.89 Å². The fourth-order valence-corrected chi connectivity index (χ4v) is 4.29. The van der Waals surface area contributed by atoms with E-state index in [1.807, 2.05) is 29.6 Å². The fraction of sp³-hybridized carbons (Fsp3) is 0.0500. The number of carbonyl (C=O) groups excluding carboxylic acids is 2. The smallest absolute Gasteiger partial charge is 0.388 e. The van der Waals surface area contributed by atoms with E-state index in [0.717, 1.165) is 15.6 Å². The van der Waals surface area contributed by atoms with E-state index in [0.29, 0.717) is 21.6 Å². The zero-order chi connectivity index (χ0) is 21.1. The first-order valence-electron chi connectivity index (χ1n) is 8.73. The fourth-order valence-electron chi connectivity index (χ4n) is 2.75. The number of hydrogen-bond acceptors (Lipinski definition) is 5. The van der Waals surface area contributed by atoms with Crippen LogP contribution in [0.5, 0.6) is 5.88 Å². The van der Waals surface area contributed by atoms with Gasteiger partial charge in [-0.25, -0.2) is 4.79 Å². The molecule has 3 N–H and O–H groups in total. The molecule has 0 aliphatic carbocycles. The quantitative estimate of drug-likeness (QED) is 0.330. The second kappa shape index (κ2) is 8.86. The Balaban J connectivity index is 1.38. The van der Waals surface area contributed by atoms with Crippen LogP contribution in [0.3, 0.4) is 0 Å². The van der Waals surface area contributed by atoms with Crippen molar-refractivity contribution in [2.24, 2.45) is 0 Å². The van der Waals surface area contributed by atoms with Crippen molar-refractivity contribution >= 4 is 66.8 Å². The van der Waals surface area contributed by atoms with Crippen LogP contribution in [0, 0.1) is 0 Å². The lowest BCUT2D eigenvalue weighted by atomic mass is 10.2. The van der Waals surface area contributed by atoms with Gasteiger partial charge in [-0.1, -0.05) is 41.9 Å². The Morgan fingerprint density at radius 3 is 2.77 bits per heavy atom. The summed E-state index contributed by atoms with van der Waals surface area (Å²) in [6.45, 7) is 0.320. The summed E-state index contributed by atoms with van der Waals surface area (Å²) in [5, 5.41) is 15.3. The first-order chi connectivity index (χ1) is 14.5. The summed E-state index contributed by atoms with van der Waals surface area (Å²) >= 11 is 10.9. The molecule has 2 aromatic heterocycles. The van der Waals surface area contributed by atoms with Gasteiger partial charge >= 0.3 is 6.09 Å². The number of aromatic nitrogens is 2. The van der Waals surface area contributed by atoms with Crippen molar-refractivity contribution in [1.29, 1.82) is 0 Å². The van der Waals surface area contributed by atoms with Gasteiger partial charge < -0.3 is 15.4 Å². The average Bonchev–Trinajstić information content (AvgIpc) is 3.31. The molecular formula is C20H14BrClN4O3S. The van der Waals surface area contributed by atoms with Gasteiger partial charge in [0.25, 0.3) is 11.8 Å². The summed E-state index contributed by atoms with van der Waals surface area (Å²) in [5.41, 5.74) is 1.31. The minimum absolute atomic E-state index is 0.00265. The summed E-state index contributed by atoms with van der Waals surface area (Å²) in [4.78, 5) is 24.6. The highest BCUT2D eigenvalue weighted by Crippen LogP contribution is 2.31. The van der Waals surface area contributed by atoms with E-state index in [2.05, 4.69) is 36.8 Å². The average molecular weight is 506 g/mol. The summed E-state index contributed by atoms with van der Waals surface area (Å²) in [6.07, 6.45) is -0.665. The maximum atomic E-state index is 12.4. The second-order valence-corrected chi connectivity index (χ2v) is 8.26. The van der Waals surface area contributed by atoms with Gasteiger partial charge in [-0.05, 0) is 50.5 Å². The number of anilines is 1. The number of hydrogen-bond donors (Lipinski definition) is 3. The van der Waals surface area contributed by atoms with Crippen molar-refractivity contribution in [2.75, 3.05) is 5.32 Å². The summed E-state index contributed by atoms with van der Waals surface area (Å²) in [5.74, 6) is -0.186. The molecule has 0 saturated carbocycles. The molecule has 4 aromatic rings. The Morgan fingerprint density at radius 1 is 1.17 bits per heavy atom. The number of fused-ring (bicyclic) bond motifs is 1. The molecule has 0 fully saturated rings. The molecule has 0 aliphatic heterocycles. The zero-order valence-electron chi connectivity index (χ0n) is 15.2. The number of ether oxygens (including phenoxy) is 1. The van der Waals surface area contributed by atoms with E-state index in [-0.39, 0.29) is 11.7 Å². The molecular weight excluding hydrogens is 492 g/mol. The standard InChI is InChI=1S/C20H14BrClN4O3S/c21-16-17(24-18(27)13-6-1-3-7-14(13)22)25-26-19(16)29-20(28)23-9-11-10-30-15-8-4-2-5-12(11)15/h1-8,10H,9H2,(H,23,28)(H2,24,25,26,27). The van der Waals surface area contributed by atoms with E-state index in [9.17, 15) is 9.59 Å². The summed E-state index contributed by atoms with van der Waals surface area (Å²) in [6, 6.07) is 14.6. The van der Waals surface area contributed by atoms with Crippen LogP contribution in [-0.2, 0) is 6.54 Å². The summed E-state index contributed by atoms with van der Waals surface area (Å²) < 4.78 is 6.69. The van der Waals surface area contributed by atoms with Gasteiger partial charge in [0.1, 0.15) is 10.3 Å². The van der Waals surface area contributed by atoms with Crippen LogP contribution in [0.25, 0.3) is 10.1 Å². The van der Waals surface area contributed by atoms with E-state index >= 15 is 0 Å². The third kappa shape index (κ3) is 4.33. The van der Waals surface area contributed by atoms with Crippen molar-refractivity contribution in [1.82, 2.24) is 15.5 Å². The Morgan fingerprint density at radius 2 is 1.93 bits per heavy atom. The number of thiophene rings is 1. The van der Waals surface area contributed by atoms with E-state index in [1.54, 1.807) is 35.6 Å². The number of halogens is 2. The van der Waals surface area contributed by atoms with E-state index in [4.69, 9.17) is 16.3 Å². The maximum absolute atomic E-state index is 12.4. The second-order valence-electron chi connectivity index (χ2n) is 6.15. The van der Waals surface area contributed by atoms with Crippen molar-refractivity contribution in [3.8, 4) is 5.88 Å². The normalized spacial score (nSPS) is 10.7. The Bertz CT molecular complexity index is 1240. The van der Waals surface area contributed by atoms with Crippen molar-refractivity contribution in [2.45, 2.75) is 6.54 Å². The lowest BCUT2D eigenvalue weighted by Crippen LogP contribution is -2.26. The minimum Gasteiger partial charge on any atom is -0.388 e. The van der Waals surface area contributed by atoms with Crippen LogP contribution in [0.2, 0.25) is 5.02 Å². The predicted molar refractivity (Wildman–Crippen MR) is 120 cm³/mol. The first kappa shape index (κ1) is 20.4. The van der Waals surface area contributed by atoms with Crippen LogP contribution in [-0.4, -0.2) is 22.2 Å². The molecule has 2 aromatic carbocycles. The number of carbonyl (C=O) groups is 2. The zero-order valence-corrected chi connectivity index (χ0v) is 18.4. The largest absolute Gasteiger partial charge is 0.414 e. The van der Waals surface area contributed by atoms with Crippen molar-refractivity contribution in [3.63, 3.8) is 0 Å². The van der Waals surface area contributed by atoms with Gasteiger partial charge in [0, 0.05) is 11.2 Å². The van der Waals surface area contributed by atoms with Crippen molar-refractivity contribution < 1.29 is 14.3 Å². The molecule has 10 heteroatoms. The topological polar surface area (TPSA) is 96.1 Å². The summed E-state index contributed by atoms with van der Waals surface area (Å²) in [7, 11) is 0. The Kier molecular flexibility index (Phi) is 6.03. The van der Waals surface area contributed by atoms with Gasteiger partial charge in [-0.15, -0.1) is 16.4 Å². The van der Waals surface area contributed by atoms with Gasteiger partial charge in [0.15, 0.2) is 0 Å². The third-order valence-corrected chi connectivity index (χ3v) is 6.28. The highest BCUT2D eigenvalue weighted by atomic mass is 79.9. The molecule has 0 spiro atoms. The Hall–Kier alpha value is -2.88. The van der Waals surface area contributed by atoms with Crippen LogP contribution >= 0.6 is 38.9 Å². The monoisotopic (exact) mass is 504 g/mol. The third-order valence-electron chi connectivity index (χ3n) is 4.21. The lowest BCUT2D eigenvalue weighted by Gasteiger charge is -2.06. The number of H-pyrrole nitrogens is 1. The molecule has 0 saturated heterocycles.